The van der Waals surface area contributed by atoms with Crippen molar-refractivity contribution in [1.82, 2.24) is 15.3 Å². The number of primary amides is 1. The minimum absolute atomic E-state index is 0.696. The van der Waals surface area contributed by atoms with Gasteiger partial charge in [-0.2, -0.15) is 0 Å². The first-order valence-corrected chi connectivity index (χ1v) is 4.64. The van der Waals surface area contributed by atoms with Gasteiger partial charge >= 0.3 is 18.0 Å². The van der Waals surface area contributed by atoms with Crippen LogP contribution in [0.25, 0.3) is 0 Å². The second-order valence-corrected chi connectivity index (χ2v) is 2.90. The molecule has 9 nitrogen and oxygen atoms in total. The summed E-state index contributed by atoms with van der Waals surface area (Å²) >= 11 is 0. The van der Waals surface area contributed by atoms with Gasteiger partial charge in [-0.05, 0) is 6.07 Å². The number of rotatable bonds is 4. The van der Waals surface area contributed by atoms with Gasteiger partial charge in [0.25, 0.3) is 0 Å². The maximum absolute atomic E-state index is 10.2. The summed E-state index contributed by atoms with van der Waals surface area (Å²) in [6.45, 7) is 0. The van der Waals surface area contributed by atoms with Crippen molar-refractivity contribution in [3.05, 3.63) is 24.8 Å². The Morgan fingerprint density at radius 3 is 2.00 bits per heavy atom. The third kappa shape index (κ3) is 8.59. The highest BCUT2D eigenvalue weighted by atomic mass is 16.4. The van der Waals surface area contributed by atoms with E-state index in [2.05, 4.69) is 15.7 Å². The number of carbonyl (C=O) groups is 3. The number of aromatic nitrogens is 2. The molecule has 0 aliphatic rings. The molecule has 9 heteroatoms. The summed E-state index contributed by atoms with van der Waals surface area (Å²) in [5.74, 6) is -2.76. The summed E-state index contributed by atoms with van der Waals surface area (Å²) in [4.78, 5) is 37.8. The van der Waals surface area contributed by atoms with Crippen LogP contribution in [0, 0.1) is 0 Å². The van der Waals surface area contributed by atoms with Crippen LogP contribution in [0.3, 0.4) is 0 Å². The lowest BCUT2D eigenvalue weighted by molar-refractivity contribution is -0.145. The van der Waals surface area contributed by atoms with E-state index in [0.717, 1.165) is 0 Å². The van der Waals surface area contributed by atoms with Gasteiger partial charge in [0.15, 0.2) is 0 Å². The molecule has 1 atom stereocenters. The Bertz CT molecular complexity index is 354. The van der Waals surface area contributed by atoms with Gasteiger partial charge in [-0.3, -0.25) is 4.79 Å². The molecule has 2 amide bonds. The molecular weight excluding hydrogens is 244 g/mol. The van der Waals surface area contributed by atoms with E-state index in [4.69, 9.17) is 10.2 Å². The Morgan fingerprint density at radius 2 is 1.78 bits per heavy atom. The molecule has 0 saturated heterocycles. The molecule has 1 aromatic rings. The minimum atomic E-state index is -1.47. The molecule has 0 saturated carbocycles. The molecule has 1 aromatic heterocycles. The van der Waals surface area contributed by atoms with Crippen LogP contribution in [0.4, 0.5) is 4.79 Å². The molecule has 1 heterocycles. The molecule has 18 heavy (non-hydrogen) atoms. The molecule has 0 aromatic carbocycles. The number of carboxylic acids is 2. The van der Waals surface area contributed by atoms with E-state index in [-0.39, 0.29) is 0 Å². The maximum Gasteiger partial charge on any atom is 0.326 e. The summed E-state index contributed by atoms with van der Waals surface area (Å²) in [5, 5.41) is 18.3. The molecule has 0 spiro atoms. The van der Waals surface area contributed by atoms with Crippen molar-refractivity contribution in [2.75, 3.05) is 0 Å². The second-order valence-electron chi connectivity index (χ2n) is 2.90. The fourth-order valence-corrected chi connectivity index (χ4v) is 0.800. The van der Waals surface area contributed by atoms with Crippen LogP contribution in [0.15, 0.2) is 24.8 Å². The summed E-state index contributed by atoms with van der Waals surface area (Å²) in [7, 11) is 0. The van der Waals surface area contributed by atoms with Crippen LogP contribution in [0.5, 0.6) is 0 Å². The lowest BCUT2D eigenvalue weighted by Gasteiger charge is -2.08. The number of carbonyl (C=O) groups excluding carboxylic acids is 1. The van der Waals surface area contributed by atoms with E-state index in [1.807, 2.05) is 0 Å². The van der Waals surface area contributed by atoms with E-state index < -0.39 is 30.4 Å². The zero-order valence-corrected chi connectivity index (χ0v) is 9.18. The van der Waals surface area contributed by atoms with Crippen LogP contribution >= 0.6 is 0 Å². The molecule has 0 unspecified atom stereocenters. The SMILES string of the molecule is NC(=O)N[C@@H](CC(=O)O)C(=O)O.c1cncnc1. The zero-order valence-electron chi connectivity index (χ0n) is 9.18. The minimum Gasteiger partial charge on any atom is -0.481 e. The van der Waals surface area contributed by atoms with Crippen molar-refractivity contribution in [2.24, 2.45) is 5.73 Å². The van der Waals surface area contributed by atoms with Gasteiger partial charge in [0.1, 0.15) is 12.4 Å². The predicted octanol–water partition coefficient (Wildman–Crippen LogP) is -0.941. The van der Waals surface area contributed by atoms with E-state index >= 15 is 0 Å². The number of carboxylic acid groups (broad SMARTS) is 2. The van der Waals surface area contributed by atoms with Crippen molar-refractivity contribution < 1.29 is 24.6 Å². The smallest absolute Gasteiger partial charge is 0.326 e. The van der Waals surface area contributed by atoms with Crippen LogP contribution < -0.4 is 11.1 Å². The van der Waals surface area contributed by atoms with E-state index in [1.54, 1.807) is 23.8 Å². The van der Waals surface area contributed by atoms with Gasteiger partial charge in [0, 0.05) is 12.4 Å². The first-order chi connectivity index (χ1) is 8.43. The summed E-state index contributed by atoms with van der Waals surface area (Å²) in [6, 6.07) is -0.761. The van der Waals surface area contributed by atoms with Gasteiger partial charge < -0.3 is 21.3 Å². The third-order valence-corrected chi connectivity index (χ3v) is 1.47. The zero-order chi connectivity index (χ0) is 14.0. The Kier molecular flexibility index (Phi) is 7.17. The highest BCUT2D eigenvalue weighted by molar-refractivity contribution is 5.85. The first-order valence-electron chi connectivity index (χ1n) is 4.64. The molecule has 0 fully saturated rings. The highest BCUT2D eigenvalue weighted by Gasteiger charge is 2.21. The fraction of sp³-hybridized carbons (Fsp3) is 0.222. The number of urea groups is 1. The molecular formula is C9H12N4O5. The average molecular weight is 256 g/mol. The summed E-state index contributed by atoms with van der Waals surface area (Å²) in [5.41, 5.74) is 4.60. The second kappa shape index (κ2) is 8.44. The largest absolute Gasteiger partial charge is 0.481 e. The molecule has 0 bridgehead atoms. The van der Waals surface area contributed by atoms with Crippen molar-refractivity contribution in [1.29, 1.82) is 0 Å². The quantitative estimate of drug-likeness (QED) is 0.541. The Morgan fingerprint density at radius 1 is 1.22 bits per heavy atom. The highest BCUT2D eigenvalue weighted by Crippen LogP contribution is 1.91. The average Bonchev–Trinajstić information content (AvgIpc) is 2.30. The lowest BCUT2D eigenvalue weighted by Crippen LogP contribution is -2.44. The molecule has 0 aliphatic carbocycles. The van der Waals surface area contributed by atoms with Crippen molar-refractivity contribution in [3.8, 4) is 0 Å². The van der Waals surface area contributed by atoms with E-state index in [9.17, 15) is 14.4 Å². The van der Waals surface area contributed by atoms with Gasteiger partial charge in [0.05, 0.1) is 6.42 Å². The Labute approximate surface area is 102 Å². The first kappa shape index (κ1) is 15.3. The number of nitrogens with two attached hydrogens (primary N) is 1. The normalized spacial score (nSPS) is 10.4. The summed E-state index contributed by atoms with van der Waals surface area (Å²) < 4.78 is 0. The maximum atomic E-state index is 10.2. The number of aliphatic carboxylic acids is 2. The van der Waals surface area contributed by atoms with Gasteiger partial charge in [-0.1, -0.05) is 0 Å². The third-order valence-electron chi connectivity index (χ3n) is 1.47. The van der Waals surface area contributed by atoms with Gasteiger partial charge in [-0.15, -0.1) is 0 Å². The molecule has 0 aliphatic heterocycles. The van der Waals surface area contributed by atoms with Crippen LogP contribution in [-0.4, -0.2) is 44.2 Å². The molecule has 1 rings (SSSR count). The van der Waals surface area contributed by atoms with Gasteiger partial charge in [0.2, 0.25) is 0 Å². The molecule has 0 radical (unpaired) electrons. The van der Waals surface area contributed by atoms with Crippen molar-refractivity contribution >= 4 is 18.0 Å². The molecule has 98 valence electrons. The van der Waals surface area contributed by atoms with Gasteiger partial charge in [-0.25, -0.2) is 19.6 Å². The van der Waals surface area contributed by atoms with E-state index in [1.165, 1.54) is 6.33 Å². The number of nitrogens with one attached hydrogen (secondary N) is 1. The van der Waals surface area contributed by atoms with Crippen LogP contribution in [0.2, 0.25) is 0 Å². The Balaban J connectivity index is 0.000000397. The van der Waals surface area contributed by atoms with E-state index in [0.29, 0.717) is 0 Å². The van der Waals surface area contributed by atoms with Crippen molar-refractivity contribution in [3.63, 3.8) is 0 Å². The van der Waals surface area contributed by atoms with Crippen molar-refractivity contribution in [2.45, 2.75) is 12.5 Å². The Hall–Kier alpha value is -2.71. The predicted molar refractivity (Wildman–Crippen MR) is 58.4 cm³/mol. The topological polar surface area (TPSA) is 156 Å². The number of hydrogen-bond acceptors (Lipinski definition) is 5. The standard InChI is InChI=1S/C5H8N2O5.C4H4N2/c6-5(12)7-2(4(10)11)1-3(8)9;1-2-5-4-6-3-1/h2H,1H2,(H,8,9)(H,10,11)(H3,6,7,12);1-4H/t2-;/m0./s1. The van der Waals surface area contributed by atoms with Crippen LogP contribution in [-0.2, 0) is 9.59 Å². The number of amides is 2. The molecule has 5 N–H and O–H groups in total. The summed E-state index contributed by atoms with van der Waals surface area (Å²) in [6.07, 6.45) is 4.18. The monoisotopic (exact) mass is 256 g/mol. The number of nitrogens with zero attached hydrogens (tertiary/aromatic N) is 2. The number of hydrogen-bond donors (Lipinski definition) is 4. The lowest BCUT2D eigenvalue weighted by atomic mass is 10.2. The van der Waals surface area contributed by atoms with Crippen LogP contribution in [0.1, 0.15) is 6.42 Å². The fourth-order valence-electron chi connectivity index (χ4n) is 0.800.